The largest absolute Gasteiger partial charge is 0.372 e. The minimum Gasteiger partial charge on any atom is -0.372 e. The molecule has 1 aliphatic carbocycles. The lowest BCUT2D eigenvalue weighted by Gasteiger charge is -2.21. The van der Waals surface area contributed by atoms with Crippen LogP contribution in [0, 0.1) is 11.8 Å². The second-order valence-corrected chi connectivity index (χ2v) is 7.60. The highest BCUT2D eigenvalue weighted by Gasteiger charge is 2.49. The predicted octanol–water partition coefficient (Wildman–Crippen LogP) is 3.91. The van der Waals surface area contributed by atoms with Gasteiger partial charge in [-0.3, -0.25) is 9.59 Å². The number of hydrogen-bond donors (Lipinski definition) is 1. The maximum atomic E-state index is 12.8. The predicted molar refractivity (Wildman–Crippen MR) is 113 cm³/mol. The highest BCUT2D eigenvalue weighted by atomic mass is 16.2. The zero-order valence-electron chi connectivity index (χ0n) is 16.3. The number of nitrogens with one attached hydrogen (secondary N) is 1. The number of carbonyl (C=O) groups is 2. The second kappa shape index (κ2) is 8.05. The minimum absolute atomic E-state index is 0.0400. The van der Waals surface area contributed by atoms with E-state index in [9.17, 15) is 9.59 Å². The summed E-state index contributed by atoms with van der Waals surface area (Å²) in [5, 5.41) is 2.98. The number of rotatable bonds is 6. The molecule has 2 aliphatic rings. The summed E-state index contributed by atoms with van der Waals surface area (Å²) in [7, 11) is 0. The molecular formula is C23H27N3O2. The van der Waals surface area contributed by atoms with Crippen LogP contribution in [0.15, 0.2) is 54.6 Å². The quantitative estimate of drug-likeness (QED) is 0.830. The highest BCUT2D eigenvalue weighted by Crippen LogP contribution is 2.41. The van der Waals surface area contributed by atoms with Crippen molar-refractivity contribution < 1.29 is 9.59 Å². The van der Waals surface area contributed by atoms with Gasteiger partial charge in [0.05, 0.1) is 11.8 Å². The van der Waals surface area contributed by atoms with E-state index in [2.05, 4.69) is 22.3 Å². The van der Waals surface area contributed by atoms with Gasteiger partial charge in [0.1, 0.15) is 0 Å². The summed E-state index contributed by atoms with van der Waals surface area (Å²) in [6, 6.07) is 17.7. The van der Waals surface area contributed by atoms with E-state index in [1.165, 1.54) is 18.5 Å². The van der Waals surface area contributed by atoms with Crippen molar-refractivity contribution in [1.82, 2.24) is 0 Å². The third-order valence-corrected chi connectivity index (χ3v) is 5.70. The average Bonchev–Trinajstić information content (AvgIpc) is 3.35. The molecule has 5 heteroatoms. The van der Waals surface area contributed by atoms with Gasteiger partial charge < -0.3 is 15.1 Å². The van der Waals surface area contributed by atoms with Crippen molar-refractivity contribution in [3.05, 3.63) is 54.6 Å². The summed E-state index contributed by atoms with van der Waals surface area (Å²) in [6.07, 6.45) is 3.11. The van der Waals surface area contributed by atoms with Gasteiger partial charge in [-0.1, -0.05) is 18.2 Å². The topological polar surface area (TPSA) is 52.7 Å². The Morgan fingerprint density at radius 2 is 1.68 bits per heavy atom. The molecule has 1 saturated carbocycles. The molecule has 2 atom stereocenters. The molecular weight excluding hydrogens is 350 g/mol. The van der Waals surface area contributed by atoms with Gasteiger partial charge >= 0.3 is 0 Å². The molecule has 28 heavy (non-hydrogen) atoms. The van der Waals surface area contributed by atoms with E-state index >= 15 is 0 Å². The molecule has 0 spiro atoms. The van der Waals surface area contributed by atoms with Crippen molar-refractivity contribution >= 4 is 28.9 Å². The summed E-state index contributed by atoms with van der Waals surface area (Å²) in [6.45, 7) is 4.77. The van der Waals surface area contributed by atoms with Gasteiger partial charge in [0.15, 0.2) is 0 Å². The Labute approximate surface area is 166 Å². The van der Waals surface area contributed by atoms with Gasteiger partial charge in [-0.2, -0.15) is 0 Å². The fourth-order valence-corrected chi connectivity index (χ4v) is 4.00. The summed E-state index contributed by atoms with van der Waals surface area (Å²) in [5.41, 5.74) is 2.89. The van der Waals surface area contributed by atoms with Gasteiger partial charge in [0.2, 0.25) is 11.8 Å². The van der Waals surface area contributed by atoms with Crippen molar-refractivity contribution in [2.75, 3.05) is 34.8 Å². The molecule has 1 aliphatic heterocycles. The molecule has 2 aromatic rings. The maximum absolute atomic E-state index is 12.8. The molecule has 1 N–H and O–H groups in total. The van der Waals surface area contributed by atoms with E-state index in [0.717, 1.165) is 24.5 Å². The maximum Gasteiger partial charge on any atom is 0.230 e. The Hall–Kier alpha value is -2.82. The Balaban J connectivity index is 1.34. The molecule has 146 valence electrons. The first-order valence-electron chi connectivity index (χ1n) is 10.2. The molecule has 1 heterocycles. The van der Waals surface area contributed by atoms with Crippen LogP contribution in [0.5, 0.6) is 0 Å². The number of nitrogens with zero attached hydrogens (tertiary/aromatic N) is 2. The fourth-order valence-electron chi connectivity index (χ4n) is 4.00. The Bertz CT molecular complexity index is 829. The number of hydrogen-bond acceptors (Lipinski definition) is 3. The normalized spacial score (nSPS) is 20.7. The second-order valence-electron chi connectivity index (χ2n) is 7.60. The molecule has 2 unspecified atom stereocenters. The van der Waals surface area contributed by atoms with Gasteiger partial charge in [-0.15, -0.1) is 0 Å². The van der Waals surface area contributed by atoms with E-state index in [4.69, 9.17) is 0 Å². The molecule has 0 bridgehead atoms. The molecule has 1 saturated heterocycles. The lowest BCUT2D eigenvalue weighted by atomic mass is 10.2. The van der Waals surface area contributed by atoms with Gasteiger partial charge in [-0.05, 0) is 62.6 Å². The van der Waals surface area contributed by atoms with Crippen LogP contribution in [-0.4, -0.2) is 31.4 Å². The summed E-state index contributed by atoms with van der Waals surface area (Å²) < 4.78 is 0. The zero-order chi connectivity index (χ0) is 19.5. The average molecular weight is 377 g/mol. The third-order valence-electron chi connectivity index (χ3n) is 5.70. The van der Waals surface area contributed by atoms with Crippen LogP contribution in [0.3, 0.4) is 0 Å². The van der Waals surface area contributed by atoms with E-state index in [1.807, 2.05) is 49.4 Å². The molecule has 4 rings (SSSR count). The van der Waals surface area contributed by atoms with Crippen LogP contribution in [0.4, 0.5) is 17.1 Å². The van der Waals surface area contributed by atoms with Crippen LogP contribution < -0.4 is 15.1 Å². The van der Waals surface area contributed by atoms with Crippen LogP contribution >= 0.6 is 0 Å². The standard InChI is InChI=1S/C23H27N3O2/c1-2-26(19-8-4-3-5-9-19)23(28)21-16-20(21)22(27)24-17-10-12-18(13-11-17)25-14-6-7-15-25/h3-5,8-13,20-21H,2,6-7,14-16H2,1H3,(H,24,27). The van der Waals surface area contributed by atoms with Crippen molar-refractivity contribution in [3.63, 3.8) is 0 Å². The van der Waals surface area contributed by atoms with Gasteiger partial charge in [-0.25, -0.2) is 0 Å². The van der Waals surface area contributed by atoms with Crippen LogP contribution in [0.2, 0.25) is 0 Å². The first-order valence-corrected chi connectivity index (χ1v) is 10.2. The number of carbonyl (C=O) groups excluding carboxylic acids is 2. The molecule has 5 nitrogen and oxygen atoms in total. The van der Waals surface area contributed by atoms with Crippen molar-refractivity contribution in [3.8, 4) is 0 Å². The summed E-state index contributed by atoms with van der Waals surface area (Å²) >= 11 is 0. The lowest BCUT2D eigenvalue weighted by Crippen LogP contribution is -2.33. The Morgan fingerprint density at radius 3 is 2.32 bits per heavy atom. The summed E-state index contributed by atoms with van der Waals surface area (Å²) in [4.78, 5) is 29.6. The Kier molecular flexibility index (Phi) is 5.33. The van der Waals surface area contributed by atoms with Crippen LogP contribution in [0.1, 0.15) is 26.2 Å². The Morgan fingerprint density at radius 1 is 1.00 bits per heavy atom. The molecule has 0 aromatic heterocycles. The molecule has 0 radical (unpaired) electrons. The van der Waals surface area contributed by atoms with E-state index in [0.29, 0.717) is 13.0 Å². The first kappa shape index (κ1) is 18.5. The SMILES string of the molecule is CCN(C(=O)C1CC1C(=O)Nc1ccc(N2CCCC2)cc1)c1ccccc1. The van der Waals surface area contributed by atoms with E-state index in [1.54, 1.807) is 4.90 Å². The van der Waals surface area contributed by atoms with Gasteiger partial charge in [0.25, 0.3) is 0 Å². The lowest BCUT2D eigenvalue weighted by molar-refractivity contribution is -0.123. The third kappa shape index (κ3) is 3.88. The highest BCUT2D eigenvalue weighted by molar-refractivity contribution is 6.04. The van der Waals surface area contributed by atoms with Crippen molar-refractivity contribution in [2.24, 2.45) is 11.8 Å². The van der Waals surface area contributed by atoms with Crippen molar-refractivity contribution in [1.29, 1.82) is 0 Å². The zero-order valence-corrected chi connectivity index (χ0v) is 16.3. The number of anilines is 3. The van der Waals surface area contributed by atoms with E-state index < -0.39 is 0 Å². The number of benzene rings is 2. The number of para-hydroxylation sites is 1. The van der Waals surface area contributed by atoms with Crippen molar-refractivity contribution in [2.45, 2.75) is 26.2 Å². The molecule has 2 amide bonds. The number of amides is 2. The minimum atomic E-state index is -0.233. The first-order chi connectivity index (χ1) is 13.7. The van der Waals surface area contributed by atoms with Crippen LogP contribution in [0.25, 0.3) is 0 Å². The fraction of sp³-hybridized carbons (Fsp3) is 0.391. The summed E-state index contributed by atoms with van der Waals surface area (Å²) in [5.74, 6) is -0.470. The molecule has 2 fully saturated rings. The smallest absolute Gasteiger partial charge is 0.230 e. The molecule has 2 aromatic carbocycles. The monoisotopic (exact) mass is 377 g/mol. The van der Waals surface area contributed by atoms with Gasteiger partial charge in [0, 0.05) is 36.7 Å². The van der Waals surface area contributed by atoms with Crippen LogP contribution in [-0.2, 0) is 9.59 Å². The van der Waals surface area contributed by atoms with E-state index in [-0.39, 0.29) is 23.7 Å².